The number of carbonyl (C=O) groups excluding carboxylic acids is 2. The smallest absolute Gasteiger partial charge is 0.340 e. The maximum absolute atomic E-state index is 12.3. The molecule has 2 aromatic rings. The molecule has 1 aromatic carbocycles. The number of amides is 1. The van der Waals surface area contributed by atoms with Gasteiger partial charge in [-0.05, 0) is 30.3 Å². The van der Waals surface area contributed by atoms with Crippen molar-refractivity contribution in [3.05, 3.63) is 47.9 Å². The van der Waals surface area contributed by atoms with Crippen LogP contribution in [0.25, 0.3) is 0 Å². The van der Waals surface area contributed by atoms with E-state index >= 15 is 0 Å². The van der Waals surface area contributed by atoms with Crippen LogP contribution in [0, 0.1) is 0 Å². The lowest BCUT2D eigenvalue weighted by molar-refractivity contribution is 0.0599. The molecule has 10 heteroatoms. The van der Waals surface area contributed by atoms with Gasteiger partial charge in [0.25, 0.3) is 5.91 Å². The standard InChI is InChI=1S/C17H19N3O6S/c1-25-17(22)13-11-12(27(18,23)24)4-5-14(13)19-6-8-20(9-7-19)16(21)15-3-2-10-26-15/h2-5,10-11H,6-9H2,1H3,(H2,18,23,24). The Balaban J connectivity index is 1.81. The van der Waals surface area contributed by atoms with Gasteiger partial charge in [-0.1, -0.05) is 0 Å². The van der Waals surface area contributed by atoms with E-state index in [1.807, 2.05) is 4.90 Å². The molecular formula is C17H19N3O6S. The molecule has 0 aliphatic carbocycles. The third kappa shape index (κ3) is 3.96. The summed E-state index contributed by atoms with van der Waals surface area (Å²) in [6.45, 7) is 1.78. The Labute approximate surface area is 156 Å². The number of hydrogen-bond acceptors (Lipinski definition) is 7. The molecule has 1 amide bonds. The van der Waals surface area contributed by atoms with Gasteiger partial charge in [-0.15, -0.1) is 0 Å². The number of benzene rings is 1. The highest BCUT2D eigenvalue weighted by molar-refractivity contribution is 7.89. The zero-order valence-corrected chi connectivity index (χ0v) is 15.4. The second kappa shape index (κ2) is 7.41. The second-order valence-electron chi connectivity index (χ2n) is 5.97. The molecule has 0 saturated carbocycles. The van der Waals surface area contributed by atoms with Crippen LogP contribution in [0.2, 0.25) is 0 Å². The van der Waals surface area contributed by atoms with E-state index in [4.69, 9.17) is 14.3 Å². The highest BCUT2D eigenvalue weighted by atomic mass is 32.2. The van der Waals surface area contributed by atoms with Crippen molar-refractivity contribution in [1.29, 1.82) is 0 Å². The average molecular weight is 393 g/mol. The summed E-state index contributed by atoms with van der Waals surface area (Å²) in [6.07, 6.45) is 1.44. The molecule has 0 atom stereocenters. The van der Waals surface area contributed by atoms with Crippen molar-refractivity contribution in [3.8, 4) is 0 Å². The fourth-order valence-electron chi connectivity index (χ4n) is 2.95. The van der Waals surface area contributed by atoms with Gasteiger partial charge < -0.3 is 19.0 Å². The SMILES string of the molecule is COC(=O)c1cc(S(N)(=O)=O)ccc1N1CCN(C(=O)c2ccco2)CC1. The number of nitrogens with two attached hydrogens (primary N) is 1. The fourth-order valence-corrected chi connectivity index (χ4v) is 3.49. The van der Waals surface area contributed by atoms with Gasteiger partial charge in [-0.25, -0.2) is 18.4 Å². The van der Waals surface area contributed by atoms with Crippen LogP contribution in [0.3, 0.4) is 0 Å². The van der Waals surface area contributed by atoms with E-state index in [1.165, 1.54) is 31.6 Å². The highest BCUT2D eigenvalue weighted by Crippen LogP contribution is 2.26. The van der Waals surface area contributed by atoms with Crippen molar-refractivity contribution in [1.82, 2.24) is 4.90 Å². The van der Waals surface area contributed by atoms with Gasteiger partial charge in [0.05, 0.1) is 29.5 Å². The number of esters is 1. The molecule has 3 rings (SSSR count). The van der Waals surface area contributed by atoms with Gasteiger partial charge >= 0.3 is 5.97 Å². The number of rotatable bonds is 4. The van der Waals surface area contributed by atoms with Crippen LogP contribution >= 0.6 is 0 Å². The molecule has 1 fully saturated rings. The minimum absolute atomic E-state index is 0.106. The Hall–Kier alpha value is -2.85. The van der Waals surface area contributed by atoms with Crippen molar-refractivity contribution in [2.24, 2.45) is 5.14 Å². The van der Waals surface area contributed by atoms with Gasteiger partial charge in [0.15, 0.2) is 5.76 Å². The summed E-state index contributed by atoms with van der Waals surface area (Å²) >= 11 is 0. The molecule has 0 radical (unpaired) electrons. The van der Waals surface area contributed by atoms with E-state index in [2.05, 4.69) is 0 Å². The third-order valence-electron chi connectivity index (χ3n) is 4.34. The van der Waals surface area contributed by atoms with Gasteiger partial charge in [0.2, 0.25) is 10.0 Å². The van der Waals surface area contributed by atoms with E-state index in [0.29, 0.717) is 31.9 Å². The predicted octanol–water partition coefficient (Wildman–Crippen LogP) is 0.676. The summed E-state index contributed by atoms with van der Waals surface area (Å²) < 4.78 is 33.0. The first-order valence-electron chi connectivity index (χ1n) is 8.14. The number of sulfonamides is 1. The Morgan fingerprint density at radius 2 is 1.85 bits per heavy atom. The fraction of sp³-hybridized carbons (Fsp3) is 0.294. The van der Waals surface area contributed by atoms with Crippen molar-refractivity contribution in [2.75, 3.05) is 38.2 Å². The molecule has 0 bridgehead atoms. The molecule has 2 N–H and O–H groups in total. The number of ether oxygens (including phenoxy) is 1. The molecule has 1 aliphatic rings. The molecule has 2 heterocycles. The minimum atomic E-state index is -3.95. The lowest BCUT2D eigenvalue weighted by Gasteiger charge is -2.36. The molecular weight excluding hydrogens is 374 g/mol. The Morgan fingerprint density at radius 1 is 1.15 bits per heavy atom. The summed E-state index contributed by atoms with van der Waals surface area (Å²) in [5.74, 6) is -0.585. The molecule has 0 unspecified atom stereocenters. The quantitative estimate of drug-likeness (QED) is 0.758. The Kier molecular flexibility index (Phi) is 5.19. The summed E-state index contributed by atoms with van der Waals surface area (Å²) in [5.41, 5.74) is 0.634. The Morgan fingerprint density at radius 3 is 2.41 bits per heavy atom. The topological polar surface area (TPSA) is 123 Å². The molecule has 9 nitrogen and oxygen atoms in total. The zero-order chi connectivity index (χ0) is 19.6. The molecule has 0 spiro atoms. The minimum Gasteiger partial charge on any atom is -0.465 e. The maximum atomic E-state index is 12.3. The summed E-state index contributed by atoms with van der Waals surface area (Å²) in [5, 5.41) is 5.15. The summed E-state index contributed by atoms with van der Waals surface area (Å²) in [4.78, 5) is 27.8. The zero-order valence-electron chi connectivity index (χ0n) is 14.6. The number of furan rings is 1. The van der Waals surface area contributed by atoms with Crippen molar-refractivity contribution in [3.63, 3.8) is 0 Å². The molecule has 27 heavy (non-hydrogen) atoms. The van der Waals surface area contributed by atoms with Crippen LogP contribution in [-0.4, -0.2) is 58.5 Å². The van der Waals surface area contributed by atoms with Crippen LogP contribution in [-0.2, 0) is 14.8 Å². The predicted molar refractivity (Wildman–Crippen MR) is 96.0 cm³/mol. The van der Waals surface area contributed by atoms with Crippen molar-refractivity contribution >= 4 is 27.6 Å². The number of hydrogen-bond donors (Lipinski definition) is 1. The normalized spacial score (nSPS) is 14.9. The average Bonchev–Trinajstić information content (AvgIpc) is 3.20. The van der Waals surface area contributed by atoms with E-state index in [9.17, 15) is 18.0 Å². The van der Waals surface area contributed by atoms with E-state index in [1.54, 1.807) is 17.0 Å². The number of anilines is 1. The number of piperazine rings is 1. The van der Waals surface area contributed by atoms with Crippen molar-refractivity contribution < 1.29 is 27.2 Å². The molecule has 1 aliphatic heterocycles. The third-order valence-corrected chi connectivity index (χ3v) is 5.25. The van der Waals surface area contributed by atoms with E-state index in [0.717, 1.165) is 0 Å². The van der Waals surface area contributed by atoms with Crippen molar-refractivity contribution in [2.45, 2.75) is 4.90 Å². The first-order valence-corrected chi connectivity index (χ1v) is 9.69. The van der Waals surface area contributed by atoms with Crippen LogP contribution in [0.4, 0.5) is 5.69 Å². The number of nitrogens with zero attached hydrogens (tertiary/aromatic N) is 2. The Bertz CT molecular complexity index is 947. The first kappa shape index (κ1) is 18.9. The number of primary sulfonamides is 1. The first-order chi connectivity index (χ1) is 12.8. The van der Waals surface area contributed by atoms with Crippen LogP contribution in [0.15, 0.2) is 45.9 Å². The number of methoxy groups -OCH3 is 1. The van der Waals surface area contributed by atoms with Crippen LogP contribution in [0.1, 0.15) is 20.9 Å². The summed E-state index contributed by atoms with van der Waals surface area (Å²) in [6, 6.07) is 7.33. The van der Waals surface area contributed by atoms with Crippen LogP contribution < -0.4 is 10.0 Å². The lowest BCUT2D eigenvalue weighted by atomic mass is 10.1. The molecule has 144 valence electrons. The lowest BCUT2D eigenvalue weighted by Crippen LogP contribution is -2.49. The number of carbonyl (C=O) groups is 2. The van der Waals surface area contributed by atoms with E-state index in [-0.39, 0.29) is 22.1 Å². The highest BCUT2D eigenvalue weighted by Gasteiger charge is 2.27. The van der Waals surface area contributed by atoms with Gasteiger partial charge in [-0.3, -0.25) is 4.79 Å². The van der Waals surface area contributed by atoms with Gasteiger partial charge in [0, 0.05) is 26.2 Å². The van der Waals surface area contributed by atoms with E-state index < -0.39 is 16.0 Å². The molecule has 1 aromatic heterocycles. The monoisotopic (exact) mass is 393 g/mol. The van der Waals surface area contributed by atoms with Gasteiger partial charge in [0.1, 0.15) is 0 Å². The molecule has 1 saturated heterocycles. The summed E-state index contributed by atoms with van der Waals surface area (Å²) in [7, 11) is -2.73. The van der Waals surface area contributed by atoms with Gasteiger partial charge in [-0.2, -0.15) is 0 Å². The van der Waals surface area contributed by atoms with Crippen LogP contribution in [0.5, 0.6) is 0 Å². The largest absolute Gasteiger partial charge is 0.465 e. The second-order valence-corrected chi connectivity index (χ2v) is 7.53. The maximum Gasteiger partial charge on any atom is 0.340 e.